The summed E-state index contributed by atoms with van der Waals surface area (Å²) in [5, 5.41) is 8.12. The van der Waals surface area contributed by atoms with Gasteiger partial charge in [-0.1, -0.05) is 37.6 Å². The molecular weight excluding hydrogens is 419 g/mol. The second kappa shape index (κ2) is 9.84. The number of hydrogen-bond acceptors (Lipinski definition) is 3. The zero-order valence-corrected chi connectivity index (χ0v) is 17.5. The maximum absolute atomic E-state index is 12.8. The number of halogens is 4. The number of carbonyl (C=O) groups is 2. The Balaban J connectivity index is 2.10. The van der Waals surface area contributed by atoms with Crippen LogP contribution in [0.3, 0.4) is 0 Å². The Kier molecular flexibility index (Phi) is 7.72. The number of hydrogen-bond donors (Lipinski definition) is 3. The van der Waals surface area contributed by atoms with E-state index in [1.54, 1.807) is 38.1 Å². The highest BCUT2D eigenvalue weighted by Gasteiger charge is 2.31. The lowest BCUT2D eigenvalue weighted by Crippen LogP contribution is -2.42. The largest absolute Gasteiger partial charge is 0.416 e. The third-order valence-corrected chi connectivity index (χ3v) is 4.75. The van der Waals surface area contributed by atoms with E-state index in [1.165, 1.54) is 13.1 Å². The smallest absolute Gasteiger partial charge is 0.372 e. The van der Waals surface area contributed by atoms with Crippen molar-refractivity contribution in [2.45, 2.75) is 32.6 Å². The monoisotopic (exact) mass is 441 g/mol. The number of amides is 2. The summed E-state index contributed by atoms with van der Waals surface area (Å²) in [6.07, 6.45) is -4.50. The Hall–Kier alpha value is -2.74. The molecule has 1 atom stereocenters. The molecule has 2 aromatic rings. The molecule has 0 saturated heterocycles. The fourth-order valence-corrected chi connectivity index (χ4v) is 3.01. The lowest BCUT2D eigenvalue weighted by atomic mass is 10.0. The van der Waals surface area contributed by atoms with Gasteiger partial charge in [0.25, 0.3) is 5.91 Å². The van der Waals surface area contributed by atoms with E-state index in [0.717, 1.165) is 17.7 Å². The Morgan fingerprint density at radius 3 is 2.37 bits per heavy atom. The van der Waals surface area contributed by atoms with E-state index in [1.807, 2.05) is 0 Å². The van der Waals surface area contributed by atoms with E-state index in [0.29, 0.717) is 5.56 Å². The van der Waals surface area contributed by atoms with Crippen molar-refractivity contribution in [3.8, 4) is 0 Å². The maximum atomic E-state index is 12.8. The molecule has 3 N–H and O–H groups in total. The van der Waals surface area contributed by atoms with Crippen LogP contribution in [-0.4, -0.2) is 24.9 Å². The molecule has 0 radical (unpaired) electrons. The van der Waals surface area contributed by atoms with Crippen LogP contribution < -0.4 is 16.0 Å². The third-order valence-electron chi connectivity index (χ3n) is 4.44. The Bertz CT molecular complexity index is 917. The minimum absolute atomic E-state index is 0.124. The van der Waals surface area contributed by atoms with E-state index < -0.39 is 17.8 Å². The third kappa shape index (κ3) is 6.13. The fourth-order valence-electron chi connectivity index (χ4n) is 2.78. The molecular formula is C21H23ClF3N3O2. The number of rotatable bonds is 7. The van der Waals surface area contributed by atoms with E-state index in [9.17, 15) is 22.8 Å². The Morgan fingerprint density at radius 1 is 1.10 bits per heavy atom. The van der Waals surface area contributed by atoms with Gasteiger partial charge in [0, 0.05) is 19.2 Å². The summed E-state index contributed by atoms with van der Waals surface area (Å²) in [5.41, 5.74) is 0.582. The molecule has 9 heteroatoms. The standard InChI is InChI=1S/C21H23ClF3N3O2/c1-12(2)18(28-17-8-7-15(10-16(17)22)21(23,24)25)20(30)27-11-13-5-4-6-14(9-13)19(29)26-3/h4-10,12,18,28H,11H2,1-3H3,(H,26,29)(H,27,30)/t18-/m0/s1. The van der Waals surface area contributed by atoms with Crippen molar-refractivity contribution in [3.63, 3.8) is 0 Å². The number of alkyl halides is 3. The summed E-state index contributed by atoms with van der Waals surface area (Å²) in [7, 11) is 1.53. The predicted molar refractivity (Wildman–Crippen MR) is 110 cm³/mol. The predicted octanol–water partition coefficient (Wildman–Crippen LogP) is 4.47. The summed E-state index contributed by atoms with van der Waals surface area (Å²) in [6, 6.07) is 9.04. The molecule has 0 aromatic heterocycles. The highest BCUT2D eigenvalue weighted by molar-refractivity contribution is 6.33. The molecule has 0 heterocycles. The van der Waals surface area contributed by atoms with Crippen LogP contribution in [0.2, 0.25) is 5.02 Å². The number of carbonyl (C=O) groups excluding carboxylic acids is 2. The van der Waals surface area contributed by atoms with Gasteiger partial charge >= 0.3 is 6.18 Å². The SMILES string of the molecule is CNC(=O)c1cccc(CNC(=O)[C@@H](Nc2ccc(C(F)(F)F)cc2Cl)C(C)C)c1. The minimum atomic E-state index is -4.50. The quantitative estimate of drug-likeness (QED) is 0.593. The van der Waals surface area contributed by atoms with Crippen molar-refractivity contribution in [3.05, 3.63) is 64.2 Å². The molecule has 0 bridgehead atoms. The molecule has 0 unspecified atom stereocenters. The topological polar surface area (TPSA) is 70.2 Å². The van der Waals surface area contributed by atoms with Crippen LogP contribution in [0, 0.1) is 5.92 Å². The van der Waals surface area contributed by atoms with Gasteiger partial charge in [0.1, 0.15) is 6.04 Å². The van der Waals surface area contributed by atoms with Gasteiger partial charge in [0.2, 0.25) is 5.91 Å². The van der Waals surface area contributed by atoms with Crippen molar-refractivity contribution in [2.75, 3.05) is 12.4 Å². The highest BCUT2D eigenvalue weighted by Crippen LogP contribution is 2.34. The highest BCUT2D eigenvalue weighted by atomic mass is 35.5. The van der Waals surface area contributed by atoms with Crippen molar-refractivity contribution in [1.82, 2.24) is 10.6 Å². The summed E-state index contributed by atoms with van der Waals surface area (Å²) >= 11 is 5.99. The second-order valence-corrected chi connectivity index (χ2v) is 7.46. The van der Waals surface area contributed by atoms with Crippen LogP contribution in [0.15, 0.2) is 42.5 Å². The van der Waals surface area contributed by atoms with Crippen LogP contribution in [-0.2, 0) is 17.5 Å². The number of benzene rings is 2. The van der Waals surface area contributed by atoms with Crippen LogP contribution in [0.4, 0.5) is 18.9 Å². The van der Waals surface area contributed by atoms with E-state index in [4.69, 9.17) is 11.6 Å². The molecule has 2 aromatic carbocycles. The average molecular weight is 442 g/mol. The van der Waals surface area contributed by atoms with Gasteiger partial charge in [-0.25, -0.2) is 0 Å². The van der Waals surface area contributed by atoms with Crippen molar-refractivity contribution in [2.24, 2.45) is 5.92 Å². The molecule has 5 nitrogen and oxygen atoms in total. The van der Waals surface area contributed by atoms with Crippen LogP contribution in [0.1, 0.15) is 35.3 Å². The molecule has 30 heavy (non-hydrogen) atoms. The normalized spacial score (nSPS) is 12.4. The Labute approximate surface area is 178 Å². The molecule has 0 fully saturated rings. The van der Waals surface area contributed by atoms with Crippen molar-refractivity contribution < 1.29 is 22.8 Å². The summed E-state index contributed by atoms with van der Waals surface area (Å²) < 4.78 is 38.4. The molecule has 0 saturated carbocycles. The second-order valence-electron chi connectivity index (χ2n) is 7.06. The summed E-state index contributed by atoms with van der Waals surface area (Å²) in [5.74, 6) is -0.742. The first-order chi connectivity index (χ1) is 14.0. The minimum Gasteiger partial charge on any atom is -0.372 e. The van der Waals surface area contributed by atoms with E-state index in [2.05, 4.69) is 16.0 Å². The molecule has 0 aliphatic heterocycles. The fraction of sp³-hybridized carbons (Fsp3) is 0.333. The van der Waals surface area contributed by atoms with Crippen LogP contribution >= 0.6 is 11.6 Å². The van der Waals surface area contributed by atoms with Gasteiger partial charge in [0.15, 0.2) is 0 Å². The average Bonchev–Trinajstić information content (AvgIpc) is 2.69. The first-order valence-electron chi connectivity index (χ1n) is 9.25. The number of nitrogens with one attached hydrogen (secondary N) is 3. The van der Waals surface area contributed by atoms with Gasteiger partial charge in [-0.15, -0.1) is 0 Å². The van der Waals surface area contributed by atoms with Crippen molar-refractivity contribution >= 4 is 29.1 Å². The number of anilines is 1. The zero-order valence-electron chi connectivity index (χ0n) is 16.7. The van der Waals surface area contributed by atoms with E-state index in [-0.39, 0.29) is 35.0 Å². The summed E-state index contributed by atoms with van der Waals surface area (Å²) in [6.45, 7) is 3.80. The maximum Gasteiger partial charge on any atom is 0.416 e. The molecule has 2 amide bonds. The molecule has 0 aliphatic carbocycles. The molecule has 0 spiro atoms. The zero-order chi connectivity index (χ0) is 22.5. The lowest BCUT2D eigenvalue weighted by molar-refractivity contribution is -0.137. The molecule has 0 aliphatic rings. The summed E-state index contributed by atoms with van der Waals surface area (Å²) in [4.78, 5) is 24.4. The van der Waals surface area contributed by atoms with E-state index >= 15 is 0 Å². The van der Waals surface area contributed by atoms with Gasteiger partial charge in [0.05, 0.1) is 16.3 Å². The van der Waals surface area contributed by atoms with Crippen LogP contribution in [0.25, 0.3) is 0 Å². The van der Waals surface area contributed by atoms with Gasteiger partial charge in [-0.3, -0.25) is 9.59 Å². The van der Waals surface area contributed by atoms with Gasteiger partial charge in [-0.2, -0.15) is 13.2 Å². The van der Waals surface area contributed by atoms with Crippen LogP contribution in [0.5, 0.6) is 0 Å². The molecule has 2 rings (SSSR count). The molecule has 162 valence electrons. The first kappa shape index (κ1) is 23.5. The lowest BCUT2D eigenvalue weighted by Gasteiger charge is -2.24. The van der Waals surface area contributed by atoms with Crippen molar-refractivity contribution in [1.29, 1.82) is 0 Å². The Morgan fingerprint density at radius 2 is 1.80 bits per heavy atom. The first-order valence-corrected chi connectivity index (χ1v) is 9.62. The van der Waals surface area contributed by atoms with Gasteiger partial charge < -0.3 is 16.0 Å². The van der Waals surface area contributed by atoms with Gasteiger partial charge in [-0.05, 0) is 41.8 Å².